The molecule has 0 radical (unpaired) electrons. The van der Waals surface area contributed by atoms with Crippen molar-refractivity contribution in [2.45, 2.75) is 19.1 Å². The molecule has 0 saturated carbocycles. The van der Waals surface area contributed by atoms with Crippen LogP contribution in [0.4, 0.5) is 9.18 Å². The molecule has 2 rings (SSSR count). The van der Waals surface area contributed by atoms with Crippen LogP contribution in [0.1, 0.15) is 6.92 Å². The molecule has 1 heterocycles. The van der Waals surface area contributed by atoms with Crippen molar-refractivity contribution in [1.82, 2.24) is 20.4 Å². The molecule has 0 aliphatic carbocycles. The molecule has 0 spiro atoms. The van der Waals surface area contributed by atoms with Crippen LogP contribution in [0.5, 0.6) is 5.75 Å². The second kappa shape index (κ2) is 8.84. The summed E-state index contributed by atoms with van der Waals surface area (Å²) in [6, 6.07) is 6.07. The first-order valence-corrected chi connectivity index (χ1v) is 8.26. The van der Waals surface area contributed by atoms with Crippen molar-refractivity contribution in [3.05, 3.63) is 30.1 Å². The topological polar surface area (TPSA) is 56.8 Å². The van der Waals surface area contributed by atoms with E-state index in [1.165, 1.54) is 12.1 Å². The SMILES string of the molecule is C[C@@H](CNC(=O)NC[C@H]1CN(C)CCN1C)Oc1cccc(F)c1. The predicted octanol–water partition coefficient (Wildman–Crippen LogP) is 1.14. The Hall–Kier alpha value is -1.86. The van der Waals surface area contributed by atoms with Crippen LogP contribution in [0.25, 0.3) is 0 Å². The Morgan fingerprint density at radius 1 is 1.38 bits per heavy atom. The summed E-state index contributed by atoms with van der Waals surface area (Å²) < 4.78 is 18.7. The van der Waals surface area contributed by atoms with Gasteiger partial charge in [-0.2, -0.15) is 0 Å². The van der Waals surface area contributed by atoms with Crippen molar-refractivity contribution in [2.24, 2.45) is 0 Å². The van der Waals surface area contributed by atoms with E-state index in [1.807, 2.05) is 6.92 Å². The summed E-state index contributed by atoms with van der Waals surface area (Å²) in [6.07, 6.45) is -0.249. The first kappa shape index (κ1) is 18.5. The second-order valence-corrected chi connectivity index (χ2v) is 6.37. The smallest absolute Gasteiger partial charge is 0.314 e. The maximum absolute atomic E-state index is 13.1. The molecule has 1 aliphatic rings. The van der Waals surface area contributed by atoms with E-state index in [-0.39, 0.29) is 18.0 Å². The molecule has 1 aromatic carbocycles. The van der Waals surface area contributed by atoms with E-state index >= 15 is 0 Å². The third-order valence-electron chi connectivity index (χ3n) is 4.16. The van der Waals surface area contributed by atoms with E-state index in [0.717, 1.165) is 19.6 Å². The number of carbonyl (C=O) groups excluding carboxylic acids is 1. The summed E-state index contributed by atoms with van der Waals surface area (Å²) in [5, 5.41) is 5.68. The lowest BCUT2D eigenvalue weighted by Crippen LogP contribution is -2.55. The highest BCUT2D eigenvalue weighted by atomic mass is 19.1. The van der Waals surface area contributed by atoms with Gasteiger partial charge in [0.15, 0.2) is 0 Å². The summed E-state index contributed by atoms with van der Waals surface area (Å²) in [5.74, 6) is 0.114. The molecule has 0 aromatic heterocycles. The lowest BCUT2D eigenvalue weighted by atomic mass is 10.2. The molecule has 6 nitrogen and oxygen atoms in total. The Morgan fingerprint density at radius 3 is 2.92 bits per heavy atom. The lowest BCUT2D eigenvalue weighted by molar-refractivity contribution is 0.114. The number of nitrogens with zero attached hydrogens (tertiary/aromatic N) is 2. The van der Waals surface area contributed by atoms with Gasteiger partial charge in [0.25, 0.3) is 0 Å². The predicted molar refractivity (Wildman–Crippen MR) is 91.8 cm³/mol. The number of halogens is 1. The van der Waals surface area contributed by atoms with Crippen molar-refractivity contribution in [3.8, 4) is 5.75 Å². The standard InChI is InChI=1S/C17H27FN4O2/c1-13(24-16-6-4-5-14(18)9-16)10-19-17(23)20-11-15-12-21(2)7-8-22(15)3/h4-6,9,13,15H,7-8,10-12H2,1-3H3,(H2,19,20,23)/t13-,15-/m0/s1. The fourth-order valence-electron chi connectivity index (χ4n) is 2.65. The number of ether oxygens (including phenoxy) is 1. The van der Waals surface area contributed by atoms with Crippen molar-refractivity contribution in [1.29, 1.82) is 0 Å². The third kappa shape index (κ3) is 5.98. The summed E-state index contributed by atoms with van der Waals surface area (Å²) in [6.45, 7) is 5.77. The van der Waals surface area contributed by atoms with Crippen LogP contribution < -0.4 is 15.4 Å². The number of piperazine rings is 1. The van der Waals surface area contributed by atoms with Gasteiger partial charge in [0, 0.05) is 38.3 Å². The first-order valence-electron chi connectivity index (χ1n) is 8.26. The van der Waals surface area contributed by atoms with Gasteiger partial charge in [-0.15, -0.1) is 0 Å². The van der Waals surface area contributed by atoms with Crippen LogP contribution in [-0.2, 0) is 0 Å². The minimum absolute atomic E-state index is 0.216. The average Bonchev–Trinajstić information content (AvgIpc) is 2.54. The maximum atomic E-state index is 13.1. The number of benzene rings is 1. The van der Waals surface area contributed by atoms with E-state index in [1.54, 1.807) is 12.1 Å². The maximum Gasteiger partial charge on any atom is 0.314 e. The summed E-state index contributed by atoms with van der Waals surface area (Å²) >= 11 is 0. The van der Waals surface area contributed by atoms with E-state index in [4.69, 9.17) is 4.74 Å². The van der Waals surface area contributed by atoms with Crippen LogP contribution >= 0.6 is 0 Å². The Kier molecular flexibility index (Phi) is 6.81. The molecule has 134 valence electrons. The fourth-order valence-corrected chi connectivity index (χ4v) is 2.65. The van der Waals surface area contributed by atoms with Crippen LogP contribution in [0.15, 0.2) is 24.3 Å². The second-order valence-electron chi connectivity index (χ2n) is 6.37. The summed E-state index contributed by atoms with van der Waals surface area (Å²) in [4.78, 5) is 16.4. The van der Waals surface area contributed by atoms with Gasteiger partial charge in [0.1, 0.15) is 17.7 Å². The molecular formula is C17H27FN4O2. The molecule has 0 bridgehead atoms. The Morgan fingerprint density at radius 2 is 2.17 bits per heavy atom. The molecule has 2 amide bonds. The monoisotopic (exact) mass is 338 g/mol. The van der Waals surface area contributed by atoms with Crippen LogP contribution in [0.3, 0.4) is 0 Å². The van der Waals surface area contributed by atoms with Crippen LogP contribution in [0.2, 0.25) is 0 Å². The van der Waals surface area contributed by atoms with Crippen molar-refractivity contribution >= 4 is 6.03 Å². The highest BCUT2D eigenvalue weighted by Gasteiger charge is 2.22. The molecule has 24 heavy (non-hydrogen) atoms. The number of urea groups is 1. The van der Waals surface area contributed by atoms with Gasteiger partial charge in [-0.25, -0.2) is 9.18 Å². The highest BCUT2D eigenvalue weighted by molar-refractivity contribution is 5.73. The molecule has 1 fully saturated rings. The van der Waals surface area contributed by atoms with Gasteiger partial charge in [-0.3, -0.25) is 4.90 Å². The number of nitrogens with one attached hydrogen (secondary N) is 2. The molecule has 1 aliphatic heterocycles. The van der Waals surface area contributed by atoms with E-state index < -0.39 is 0 Å². The molecular weight excluding hydrogens is 311 g/mol. The van der Waals surface area contributed by atoms with Crippen LogP contribution in [-0.4, -0.2) is 74.8 Å². The number of hydrogen-bond acceptors (Lipinski definition) is 4. The van der Waals surface area contributed by atoms with Crippen molar-refractivity contribution in [3.63, 3.8) is 0 Å². The molecule has 0 unspecified atom stereocenters. The zero-order chi connectivity index (χ0) is 17.5. The Balaban J connectivity index is 1.67. The summed E-state index contributed by atoms with van der Waals surface area (Å²) in [5.41, 5.74) is 0. The minimum Gasteiger partial charge on any atom is -0.489 e. The lowest BCUT2D eigenvalue weighted by Gasteiger charge is -2.37. The van der Waals surface area contributed by atoms with Gasteiger partial charge in [-0.05, 0) is 33.2 Å². The molecule has 7 heteroatoms. The quantitative estimate of drug-likeness (QED) is 0.817. The van der Waals surface area contributed by atoms with Crippen molar-refractivity contribution in [2.75, 3.05) is 46.8 Å². The number of amides is 2. The molecule has 2 atom stereocenters. The average molecular weight is 338 g/mol. The Bertz CT molecular complexity index is 543. The minimum atomic E-state index is -0.341. The number of rotatable bonds is 6. The zero-order valence-corrected chi connectivity index (χ0v) is 14.6. The molecule has 2 N–H and O–H groups in total. The van der Waals surface area contributed by atoms with E-state index in [0.29, 0.717) is 24.9 Å². The third-order valence-corrected chi connectivity index (χ3v) is 4.16. The van der Waals surface area contributed by atoms with Gasteiger partial charge < -0.3 is 20.3 Å². The largest absolute Gasteiger partial charge is 0.489 e. The number of hydrogen-bond donors (Lipinski definition) is 2. The highest BCUT2D eigenvalue weighted by Crippen LogP contribution is 2.13. The van der Waals surface area contributed by atoms with E-state index in [9.17, 15) is 9.18 Å². The van der Waals surface area contributed by atoms with Crippen LogP contribution in [0, 0.1) is 5.82 Å². The van der Waals surface area contributed by atoms with E-state index in [2.05, 4.69) is 34.5 Å². The molecule has 1 saturated heterocycles. The number of likely N-dealkylation sites (N-methyl/N-ethyl adjacent to an activating group) is 2. The fraction of sp³-hybridized carbons (Fsp3) is 0.588. The number of carbonyl (C=O) groups is 1. The first-order chi connectivity index (χ1) is 11.4. The van der Waals surface area contributed by atoms with Gasteiger partial charge >= 0.3 is 6.03 Å². The van der Waals surface area contributed by atoms with Gasteiger partial charge in [0.05, 0.1) is 6.54 Å². The normalized spacial score (nSPS) is 20.4. The Labute approximate surface area is 142 Å². The van der Waals surface area contributed by atoms with Crippen molar-refractivity contribution < 1.29 is 13.9 Å². The zero-order valence-electron chi connectivity index (χ0n) is 14.6. The summed E-state index contributed by atoms with van der Waals surface area (Å²) in [7, 11) is 4.16. The van der Waals surface area contributed by atoms with Gasteiger partial charge in [-0.1, -0.05) is 6.07 Å². The molecule has 1 aromatic rings. The van der Waals surface area contributed by atoms with Gasteiger partial charge in [0.2, 0.25) is 0 Å².